The summed E-state index contributed by atoms with van der Waals surface area (Å²) in [7, 11) is 1.58. The van der Waals surface area contributed by atoms with Crippen molar-refractivity contribution < 1.29 is 19.4 Å². The largest absolute Gasteiger partial charge is 0.493 e. The molecule has 0 fully saturated rings. The van der Waals surface area contributed by atoms with Crippen molar-refractivity contribution in [2.45, 2.75) is 12.8 Å². The predicted octanol–water partition coefficient (Wildman–Crippen LogP) is 2.34. The van der Waals surface area contributed by atoms with Gasteiger partial charge in [0, 0.05) is 30.1 Å². The zero-order valence-electron chi connectivity index (χ0n) is 11.1. The summed E-state index contributed by atoms with van der Waals surface area (Å²) in [6.45, 7) is 0.364. The van der Waals surface area contributed by atoms with Gasteiger partial charge in [0.2, 0.25) is 5.91 Å². The monoisotopic (exact) mass is 297 g/mol. The minimum atomic E-state index is -1.05. The molecule has 0 aliphatic heterocycles. The first-order valence-corrected chi connectivity index (χ1v) is 6.44. The Kier molecular flexibility index (Phi) is 6.59. The third kappa shape index (κ3) is 5.75. The number of ether oxygens (including phenoxy) is 1. The molecule has 1 aromatic rings. The molecule has 1 amide bonds. The van der Waals surface area contributed by atoms with Crippen LogP contribution in [0.1, 0.15) is 18.4 Å². The van der Waals surface area contributed by atoms with Crippen LogP contribution in [0.5, 0.6) is 5.75 Å². The van der Waals surface area contributed by atoms with Crippen LogP contribution in [0.2, 0.25) is 5.02 Å². The minimum absolute atomic E-state index is 0.0456. The summed E-state index contributed by atoms with van der Waals surface area (Å²) < 4.78 is 5.54. The van der Waals surface area contributed by atoms with E-state index in [0.717, 1.165) is 6.08 Å². The highest BCUT2D eigenvalue weighted by molar-refractivity contribution is 6.30. The van der Waals surface area contributed by atoms with Crippen LogP contribution in [0.15, 0.2) is 24.3 Å². The Hall–Kier alpha value is -2.01. The van der Waals surface area contributed by atoms with E-state index in [1.807, 2.05) is 0 Å². The summed E-state index contributed by atoms with van der Waals surface area (Å²) in [6, 6.07) is 4.95. The summed E-state index contributed by atoms with van der Waals surface area (Å²) in [5.41, 5.74) is 0.583. The molecule has 0 heterocycles. The van der Waals surface area contributed by atoms with Crippen LogP contribution in [0, 0.1) is 0 Å². The highest BCUT2D eigenvalue weighted by Gasteiger charge is 2.04. The molecule has 20 heavy (non-hydrogen) atoms. The van der Waals surface area contributed by atoms with Gasteiger partial charge in [0.25, 0.3) is 0 Å². The molecule has 1 rings (SSSR count). The average molecular weight is 298 g/mol. The molecular weight excluding hydrogens is 282 g/mol. The molecule has 108 valence electrons. The molecule has 0 aliphatic rings. The van der Waals surface area contributed by atoms with Gasteiger partial charge in [-0.3, -0.25) is 4.79 Å². The molecule has 0 spiro atoms. The van der Waals surface area contributed by atoms with Crippen molar-refractivity contribution in [1.29, 1.82) is 0 Å². The molecule has 0 atom stereocenters. The number of amides is 1. The first-order valence-electron chi connectivity index (χ1n) is 6.07. The Labute approximate surface area is 122 Å². The Bertz CT molecular complexity index is 514. The van der Waals surface area contributed by atoms with E-state index in [4.69, 9.17) is 21.4 Å². The predicted molar refractivity (Wildman–Crippen MR) is 76.9 cm³/mol. The molecule has 0 unspecified atom stereocenters. The summed E-state index contributed by atoms with van der Waals surface area (Å²) in [5.74, 6) is -0.560. The highest BCUT2D eigenvalue weighted by atomic mass is 35.5. The lowest BCUT2D eigenvalue weighted by Crippen LogP contribution is -2.18. The van der Waals surface area contributed by atoms with Crippen molar-refractivity contribution in [3.05, 3.63) is 34.9 Å². The lowest BCUT2D eigenvalue weighted by atomic mass is 10.2. The van der Waals surface area contributed by atoms with Gasteiger partial charge >= 0.3 is 5.97 Å². The average Bonchev–Trinajstić information content (AvgIpc) is 2.42. The van der Waals surface area contributed by atoms with Crippen LogP contribution in [-0.2, 0) is 9.59 Å². The lowest BCUT2D eigenvalue weighted by molar-refractivity contribution is -0.131. The maximum absolute atomic E-state index is 11.1. The summed E-state index contributed by atoms with van der Waals surface area (Å²) in [5, 5.41) is 11.7. The Morgan fingerprint density at radius 2 is 2.20 bits per heavy atom. The number of rotatable bonds is 7. The number of carboxylic acids is 1. The smallest absolute Gasteiger partial charge is 0.328 e. The van der Waals surface area contributed by atoms with E-state index in [0.29, 0.717) is 35.8 Å². The molecule has 1 aromatic carbocycles. The van der Waals surface area contributed by atoms with E-state index in [9.17, 15) is 9.59 Å². The highest BCUT2D eigenvalue weighted by Crippen LogP contribution is 2.24. The molecule has 0 radical (unpaired) electrons. The van der Waals surface area contributed by atoms with Crippen LogP contribution < -0.4 is 10.1 Å². The standard InChI is InChI=1S/C14H16ClNO4/c1-16-13(17)3-2-8-20-12-6-5-11(15)9-10(12)4-7-14(18)19/h4-7,9H,2-3,8H2,1H3,(H,16,17)(H,18,19). The van der Waals surface area contributed by atoms with Crippen molar-refractivity contribution in [3.8, 4) is 5.75 Å². The van der Waals surface area contributed by atoms with Gasteiger partial charge in [-0.05, 0) is 30.7 Å². The number of benzene rings is 1. The van der Waals surface area contributed by atoms with Crippen LogP contribution in [0.25, 0.3) is 6.08 Å². The second-order valence-electron chi connectivity index (χ2n) is 3.98. The summed E-state index contributed by atoms with van der Waals surface area (Å²) in [4.78, 5) is 21.6. The number of carbonyl (C=O) groups excluding carboxylic acids is 1. The topological polar surface area (TPSA) is 75.6 Å². The number of hydrogen-bond acceptors (Lipinski definition) is 3. The summed E-state index contributed by atoms with van der Waals surface area (Å²) >= 11 is 5.86. The second-order valence-corrected chi connectivity index (χ2v) is 4.42. The van der Waals surface area contributed by atoms with Gasteiger partial charge in [-0.25, -0.2) is 4.79 Å². The number of carboxylic acid groups (broad SMARTS) is 1. The number of nitrogens with one attached hydrogen (secondary N) is 1. The van der Waals surface area contributed by atoms with Gasteiger partial charge in [0.1, 0.15) is 5.75 Å². The first-order chi connectivity index (χ1) is 9.52. The Balaban J connectivity index is 2.64. The van der Waals surface area contributed by atoms with Gasteiger partial charge in [-0.2, -0.15) is 0 Å². The first kappa shape index (κ1) is 16.0. The quantitative estimate of drug-likeness (QED) is 0.598. The van der Waals surface area contributed by atoms with Gasteiger partial charge in [-0.15, -0.1) is 0 Å². The zero-order valence-corrected chi connectivity index (χ0v) is 11.8. The number of halogens is 1. The second kappa shape index (κ2) is 8.22. The molecular formula is C14H16ClNO4. The maximum Gasteiger partial charge on any atom is 0.328 e. The normalized spacial score (nSPS) is 10.5. The van der Waals surface area contributed by atoms with Crippen LogP contribution >= 0.6 is 11.6 Å². The summed E-state index contributed by atoms with van der Waals surface area (Å²) in [6.07, 6.45) is 3.39. The number of aliphatic carboxylic acids is 1. The lowest BCUT2D eigenvalue weighted by Gasteiger charge is -2.09. The van der Waals surface area contributed by atoms with E-state index >= 15 is 0 Å². The Morgan fingerprint density at radius 1 is 1.45 bits per heavy atom. The third-order valence-corrected chi connectivity index (χ3v) is 2.70. The third-order valence-electron chi connectivity index (χ3n) is 2.46. The van der Waals surface area contributed by atoms with Crippen molar-refractivity contribution >= 4 is 29.6 Å². The van der Waals surface area contributed by atoms with Gasteiger partial charge in [0.05, 0.1) is 6.61 Å². The van der Waals surface area contributed by atoms with Crippen molar-refractivity contribution in [2.75, 3.05) is 13.7 Å². The van der Waals surface area contributed by atoms with E-state index in [-0.39, 0.29) is 5.91 Å². The fraction of sp³-hybridized carbons (Fsp3) is 0.286. The molecule has 0 aliphatic carbocycles. The van der Waals surface area contributed by atoms with Crippen LogP contribution in [-0.4, -0.2) is 30.6 Å². The number of hydrogen-bond donors (Lipinski definition) is 2. The van der Waals surface area contributed by atoms with Crippen molar-refractivity contribution in [3.63, 3.8) is 0 Å². The van der Waals surface area contributed by atoms with Crippen LogP contribution in [0.3, 0.4) is 0 Å². The SMILES string of the molecule is CNC(=O)CCCOc1ccc(Cl)cc1C=CC(=O)O. The van der Waals surface area contributed by atoms with E-state index in [2.05, 4.69) is 5.32 Å². The molecule has 0 saturated heterocycles. The van der Waals surface area contributed by atoms with Crippen LogP contribution in [0.4, 0.5) is 0 Å². The molecule has 2 N–H and O–H groups in total. The minimum Gasteiger partial charge on any atom is -0.493 e. The fourth-order valence-corrected chi connectivity index (χ4v) is 1.66. The van der Waals surface area contributed by atoms with Gasteiger partial charge in [-0.1, -0.05) is 11.6 Å². The molecule has 6 heteroatoms. The molecule has 5 nitrogen and oxygen atoms in total. The molecule has 0 bridgehead atoms. The number of carbonyl (C=O) groups is 2. The van der Waals surface area contributed by atoms with Crippen molar-refractivity contribution in [1.82, 2.24) is 5.32 Å². The maximum atomic E-state index is 11.1. The zero-order chi connectivity index (χ0) is 15.0. The van der Waals surface area contributed by atoms with E-state index in [1.54, 1.807) is 25.2 Å². The van der Waals surface area contributed by atoms with Gasteiger partial charge in [0.15, 0.2) is 0 Å². The van der Waals surface area contributed by atoms with Crippen molar-refractivity contribution in [2.24, 2.45) is 0 Å². The van der Waals surface area contributed by atoms with E-state index in [1.165, 1.54) is 6.08 Å². The van der Waals surface area contributed by atoms with Gasteiger partial charge < -0.3 is 15.2 Å². The Morgan fingerprint density at radius 3 is 2.85 bits per heavy atom. The molecule has 0 saturated carbocycles. The molecule has 0 aromatic heterocycles. The fourth-order valence-electron chi connectivity index (χ4n) is 1.48. The van der Waals surface area contributed by atoms with E-state index < -0.39 is 5.97 Å².